The van der Waals surface area contributed by atoms with Gasteiger partial charge >= 0.3 is 6.18 Å². The summed E-state index contributed by atoms with van der Waals surface area (Å²) in [5.41, 5.74) is 6.13. The van der Waals surface area contributed by atoms with Crippen LogP contribution >= 0.6 is 0 Å². The first-order valence-electron chi connectivity index (χ1n) is 13.8. The maximum atomic E-state index is 12.9. The summed E-state index contributed by atoms with van der Waals surface area (Å²) in [6, 6.07) is 7.99. The second-order valence-electron chi connectivity index (χ2n) is 11.7. The lowest BCUT2D eigenvalue weighted by atomic mass is 9.90. The lowest BCUT2D eigenvalue weighted by Gasteiger charge is -2.33. The molecule has 214 valence electrons. The van der Waals surface area contributed by atoms with Crippen molar-refractivity contribution >= 4 is 17.3 Å². The third-order valence-corrected chi connectivity index (χ3v) is 8.04. The largest absolute Gasteiger partial charge is 0.435 e. The van der Waals surface area contributed by atoms with E-state index < -0.39 is 11.9 Å². The van der Waals surface area contributed by atoms with Crippen molar-refractivity contribution in [1.29, 1.82) is 0 Å². The lowest BCUT2D eigenvalue weighted by Crippen LogP contribution is -2.35. The molecule has 11 heteroatoms. The molecule has 0 aromatic carbocycles. The Morgan fingerprint density at radius 2 is 1.88 bits per heavy atom. The topological polar surface area (TPSA) is 80.9 Å². The number of halogens is 3. The highest BCUT2D eigenvalue weighted by Crippen LogP contribution is 2.40. The molecule has 0 bridgehead atoms. The Bertz CT molecular complexity index is 1690. The average molecular weight is 564 g/mol. The quantitative estimate of drug-likeness (QED) is 0.345. The molecule has 4 aromatic heterocycles. The molecule has 2 aliphatic rings. The van der Waals surface area contributed by atoms with E-state index in [9.17, 15) is 18.0 Å². The Morgan fingerprint density at radius 1 is 1.07 bits per heavy atom. The molecule has 0 unspecified atom stereocenters. The third-order valence-electron chi connectivity index (χ3n) is 8.04. The molecule has 0 radical (unpaired) electrons. The number of alkyl halides is 3. The molecule has 4 aromatic rings. The number of aryl methyl sites for hydroxylation is 1. The Hall–Kier alpha value is -4.15. The minimum Gasteiger partial charge on any atom is -0.349 e. The fourth-order valence-corrected chi connectivity index (χ4v) is 6.20. The molecule has 0 saturated carbocycles. The van der Waals surface area contributed by atoms with Crippen molar-refractivity contribution in [1.82, 2.24) is 24.3 Å². The van der Waals surface area contributed by atoms with Gasteiger partial charge in [-0.3, -0.25) is 4.79 Å². The minimum absolute atomic E-state index is 0.0463. The van der Waals surface area contributed by atoms with Crippen molar-refractivity contribution in [2.45, 2.75) is 59.3 Å². The van der Waals surface area contributed by atoms with Gasteiger partial charge in [-0.2, -0.15) is 13.2 Å². The number of hydrogen-bond acceptors (Lipinski definition) is 6. The monoisotopic (exact) mass is 563 g/mol. The number of hydrogen-bond donors (Lipinski definition) is 1. The standard InChI is InChI=1S/C30H32F3N7O/c1-5-21-22(19-13-23(28(41)38(4)16-19)35-26-7-6-25(36-37-26)30(31,32)33)8-9-34-27(21)39-10-11-40-20(17-39)12-18-14-29(2,3)15-24(18)40/h6-9,12-13,16H,5,10-11,14-15,17H2,1-4H3,(H,35,37). The average Bonchev–Trinajstić information content (AvgIpc) is 3.41. The fourth-order valence-electron chi connectivity index (χ4n) is 6.20. The van der Waals surface area contributed by atoms with Crippen LogP contribution in [0.15, 0.2) is 47.5 Å². The van der Waals surface area contributed by atoms with Crippen LogP contribution in [-0.2, 0) is 45.6 Å². The molecular weight excluding hydrogens is 531 g/mol. The number of anilines is 3. The summed E-state index contributed by atoms with van der Waals surface area (Å²) in [5.74, 6) is 0.972. The molecule has 0 saturated heterocycles. The zero-order valence-corrected chi connectivity index (χ0v) is 23.5. The van der Waals surface area contributed by atoms with Crippen LogP contribution in [0.1, 0.15) is 49.0 Å². The van der Waals surface area contributed by atoms with Crippen LogP contribution in [0.3, 0.4) is 0 Å². The van der Waals surface area contributed by atoms with Gasteiger partial charge in [0, 0.05) is 55.0 Å². The molecule has 0 atom stereocenters. The van der Waals surface area contributed by atoms with Crippen molar-refractivity contribution in [2.75, 3.05) is 16.8 Å². The van der Waals surface area contributed by atoms with E-state index in [0.29, 0.717) is 5.41 Å². The van der Waals surface area contributed by atoms with Crippen molar-refractivity contribution in [3.05, 3.63) is 81.3 Å². The molecule has 0 fully saturated rings. The number of nitrogens with zero attached hydrogens (tertiary/aromatic N) is 6. The van der Waals surface area contributed by atoms with Crippen LogP contribution in [-0.4, -0.2) is 30.9 Å². The van der Waals surface area contributed by atoms with E-state index in [0.717, 1.165) is 73.5 Å². The van der Waals surface area contributed by atoms with E-state index in [-0.39, 0.29) is 17.1 Å². The van der Waals surface area contributed by atoms with E-state index in [1.807, 2.05) is 6.07 Å². The fraction of sp³-hybridized carbons (Fsp3) is 0.400. The summed E-state index contributed by atoms with van der Waals surface area (Å²) in [4.78, 5) is 20.0. The third kappa shape index (κ3) is 4.98. The van der Waals surface area contributed by atoms with Gasteiger partial charge in [-0.25, -0.2) is 4.98 Å². The van der Waals surface area contributed by atoms with E-state index in [4.69, 9.17) is 4.98 Å². The van der Waals surface area contributed by atoms with Crippen LogP contribution in [0, 0.1) is 5.41 Å². The van der Waals surface area contributed by atoms with Gasteiger partial charge in [0.1, 0.15) is 11.5 Å². The zero-order chi connectivity index (χ0) is 29.1. The second kappa shape index (κ2) is 9.74. The highest BCUT2D eigenvalue weighted by atomic mass is 19.4. The van der Waals surface area contributed by atoms with Gasteiger partial charge < -0.3 is 19.4 Å². The van der Waals surface area contributed by atoms with Gasteiger partial charge in [0.15, 0.2) is 11.5 Å². The smallest absolute Gasteiger partial charge is 0.349 e. The molecular formula is C30H32F3N7O. The number of rotatable bonds is 5. The van der Waals surface area contributed by atoms with Crippen LogP contribution < -0.4 is 15.8 Å². The SMILES string of the molecule is CCc1c(-c2cc(Nc3ccc(C(F)(F)F)nn3)c(=O)n(C)c2)ccnc1N1CCn2c(cc3c2CC(C)(C)C3)C1. The minimum atomic E-state index is -4.59. The molecule has 6 rings (SSSR count). The van der Waals surface area contributed by atoms with Crippen molar-refractivity contribution < 1.29 is 13.2 Å². The van der Waals surface area contributed by atoms with Crippen molar-refractivity contribution in [3.63, 3.8) is 0 Å². The number of pyridine rings is 2. The molecule has 1 aliphatic heterocycles. The first-order valence-corrected chi connectivity index (χ1v) is 13.8. The van der Waals surface area contributed by atoms with Gasteiger partial charge in [0.2, 0.25) is 0 Å². The molecule has 5 heterocycles. The molecule has 8 nitrogen and oxygen atoms in total. The molecule has 1 N–H and O–H groups in total. The first-order chi connectivity index (χ1) is 19.4. The van der Waals surface area contributed by atoms with E-state index in [1.54, 1.807) is 25.5 Å². The van der Waals surface area contributed by atoms with Crippen molar-refractivity contribution in [3.8, 4) is 11.1 Å². The Balaban J connectivity index is 1.31. The van der Waals surface area contributed by atoms with Gasteiger partial charge in [-0.15, -0.1) is 10.2 Å². The molecule has 0 amide bonds. The Morgan fingerprint density at radius 3 is 2.59 bits per heavy atom. The maximum Gasteiger partial charge on any atom is 0.435 e. The molecule has 0 spiro atoms. The zero-order valence-electron chi connectivity index (χ0n) is 23.5. The summed E-state index contributed by atoms with van der Waals surface area (Å²) in [6.07, 6.45) is 1.91. The Labute approximate surface area is 235 Å². The first kappa shape index (κ1) is 27.0. The molecule has 1 aliphatic carbocycles. The second-order valence-corrected chi connectivity index (χ2v) is 11.7. The number of aromatic nitrogens is 5. The van der Waals surface area contributed by atoms with Crippen LogP contribution in [0.2, 0.25) is 0 Å². The van der Waals surface area contributed by atoms with E-state index in [1.165, 1.54) is 21.5 Å². The summed E-state index contributed by atoms with van der Waals surface area (Å²) in [7, 11) is 1.64. The summed E-state index contributed by atoms with van der Waals surface area (Å²) in [5, 5.41) is 9.72. The van der Waals surface area contributed by atoms with Gasteiger partial charge in [-0.05, 0) is 66.1 Å². The van der Waals surface area contributed by atoms with E-state index in [2.05, 4.69) is 51.8 Å². The highest BCUT2D eigenvalue weighted by Gasteiger charge is 2.35. The normalized spacial score (nSPS) is 16.0. The predicted octanol–water partition coefficient (Wildman–Crippen LogP) is 5.51. The number of nitrogens with one attached hydrogen (secondary N) is 1. The van der Waals surface area contributed by atoms with Gasteiger partial charge in [0.25, 0.3) is 5.56 Å². The van der Waals surface area contributed by atoms with Crippen LogP contribution in [0.5, 0.6) is 0 Å². The van der Waals surface area contributed by atoms with Gasteiger partial charge in [0.05, 0.1) is 6.54 Å². The molecule has 41 heavy (non-hydrogen) atoms. The van der Waals surface area contributed by atoms with Crippen molar-refractivity contribution in [2.24, 2.45) is 12.5 Å². The van der Waals surface area contributed by atoms with Gasteiger partial charge in [-0.1, -0.05) is 20.8 Å². The predicted molar refractivity (Wildman–Crippen MR) is 151 cm³/mol. The summed E-state index contributed by atoms with van der Waals surface area (Å²) in [6.45, 7) is 9.29. The lowest BCUT2D eigenvalue weighted by molar-refractivity contribution is -0.141. The summed E-state index contributed by atoms with van der Waals surface area (Å²) >= 11 is 0. The summed E-state index contributed by atoms with van der Waals surface area (Å²) < 4.78 is 42.6. The Kier molecular flexibility index (Phi) is 6.43. The van der Waals surface area contributed by atoms with E-state index >= 15 is 0 Å². The van der Waals surface area contributed by atoms with Crippen LogP contribution in [0.25, 0.3) is 11.1 Å². The maximum absolute atomic E-state index is 12.9. The van der Waals surface area contributed by atoms with Crippen LogP contribution in [0.4, 0.5) is 30.5 Å². The highest BCUT2D eigenvalue weighted by molar-refractivity contribution is 5.75. The number of fused-ring (bicyclic) bond motifs is 3.